The molecule has 1 rings (SSSR count). The summed E-state index contributed by atoms with van der Waals surface area (Å²) in [5.74, 6) is -1.74. The number of rotatable bonds is 7. The first kappa shape index (κ1) is 16.3. The molecule has 0 bridgehead atoms. The molecule has 1 aliphatic heterocycles. The Morgan fingerprint density at radius 1 is 1.37 bits per heavy atom. The van der Waals surface area contributed by atoms with Gasteiger partial charge in [-0.1, -0.05) is 0 Å². The van der Waals surface area contributed by atoms with Gasteiger partial charge in [-0.3, -0.25) is 4.79 Å². The van der Waals surface area contributed by atoms with E-state index >= 15 is 0 Å². The molecule has 112 valence electrons. The monoisotopic (exact) mass is 314 g/mol. The molecule has 0 aromatic rings. The predicted octanol–water partition coefficient (Wildman–Crippen LogP) is -1.20. The predicted molar refractivity (Wildman–Crippen MR) is 68.6 cm³/mol. The zero-order chi connectivity index (χ0) is 14.7. The molecule has 1 atom stereocenters. The van der Waals surface area contributed by atoms with Crippen LogP contribution >= 0.6 is 0 Å². The zero-order valence-corrected chi connectivity index (χ0v) is 12.2. The third-order valence-corrected chi connectivity index (χ3v) is 6.18. The quantitative estimate of drug-likeness (QED) is 0.609. The lowest BCUT2D eigenvalue weighted by Crippen LogP contribution is -2.43. The minimum Gasteiger partial charge on any atom is -0.480 e. The second kappa shape index (κ2) is 6.16. The van der Waals surface area contributed by atoms with Crippen LogP contribution in [-0.4, -0.2) is 62.9 Å². The highest BCUT2D eigenvalue weighted by atomic mass is 32.2. The lowest BCUT2D eigenvalue weighted by Gasteiger charge is -2.20. The molecule has 1 fully saturated rings. The molecule has 1 heterocycles. The Kier molecular flexibility index (Phi) is 5.30. The van der Waals surface area contributed by atoms with Crippen LogP contribution in [0.2, 0.25) is 0 Å². The van der Waals surface area contributed by atoms with Gasteiger partial charge in [0.2, 0.25) is 20.0 Å². The maximum absolute atomic E-state index is 11.9. The number of aliphatic carboxylic acids is 1. The first-order valence-electron chi connectivity index (χ1n) is 5.89. The summed E-state index contributed by atoms with van der Waals surface area (Å²) in [4.78, 5) is 10.9. The van der Waals surface area contributed by atoms with Crippen molar-refractivity contribution in [1.82, 2.24) is 9.03 Å². The maximum Gasteiger partial charge on any atom is 0.322 e. The number of sulfonamides is 2. The SMILES string of the molecule is CCS(=O)(=O)NCCS(=O)(=O)N1CCCC1C(=O)O. The summed E-state index contributed by atoms with van der Waals surface area (Å²) in [6.45, 7) is 1.36. The molecule has 2 N–H and O–H groups in total. The Morgan fingerprint density at radius 2 is 2.00 bits per heavy atom. The minimum atomic E-state index is -3.76. The molecule has 8 nitrogen and oxygen atoms in total. The van der Waals surface area contributed by atoms with Crippen molar-refractivity contribution in [3.8, 4) is 0 Å². The summed E-state index contributed by atoms with van der Waals surface area (Å²) in [6.07, 6.45) is 0.784. The fourth-order valence-electron chi connectivity index (χ4n) is 1.87. The van der Waals surface area contributed by atoms with Crippen molar-refractivity contribution < 1.29 is 26.7 Å². The van der Waals surface area contributed by atoms with E-state index in [9.17, 15) is 21.6 Å². The normalized spacial score (nSPS) is 21.6. The van der Waals surface area contributed by atoms with Gasteiger partial charge in [0.15, 0.2) is 0 Å². The van der Waals surface area contributed by atoms with E-state index in [4.69, 9.17) is 5.11 Å². The van der Waals surface area contributed by atoms with Crippen LogP contribution in [0.5, 0.6) is 0 Å². The molecule has 1 aliphatic rings. The lowest BCUT2D eigenvalue weighted by atomic mass is 10.2. The number of hydrogen-bond acceptors (Lipinski definition) is 5. The first-order chi connectivity index (χ1) is 8.69. The molecule has 19 heavy (non-hydrogen) atoms. The van der Waals surface area contributed by atoms with Crippen molar-refractivity contribution in [3.05, 3.63) is 0 Å². The molecule has 0 amide bonds. The largest absolute Gasteiger partial charge is 0.480 e. The number of hydrogen-bond donors (Lipinski definition) is 2. The molecule has 0 aliphatic carbocycles. The molecule has 10 heteroatoms. The standard InChI is InChI=1S/C9H18N2O6S2/c1-2-18(14,15)10-5-7-19(16,17)11-6-3-4-8(11)9(12)13/h8,10H,2-7H2,1H3,(H,12,13). The Hall–Kier alpha value is -0.710. The maximum atomic E-state index is 11.9. The van der Waals surface area contributed by atoms with E-state index in [2.05, 4.69) is 4.72 Å². The van der Waals surface area contributed by atoms with Crippen molar-refractivity contribution in [2.24, 2.45) is 0 Å². The van der Waals surface area contributed by atoms with Gasteiger partial charge in [-0.05, 0) is 19.8 Å². The van der Waals surface area contributed by atoms with Crippen LogP contribution < -0.4 is 4.72 Å². The van der Waals surface area contributed by atoms with E-state index in [1.165, 1.54) is 6.92 Å². The van der Waals surface area contributed by atoms with Gasteiger partial charge < -0.3 is 5.11 Å². The molecule has 0 saturated carbocycles. The van der Waals surface area contributed by atoms with E-state index < -0.39 is 37.8 Å². The summed E-state index contributed by atoms with van der Waals surface area (Å²) >= 11 is 0. The fourth-order valence-corrected chi connectivity index (χ4v) is 4.20. The molecule has 1 unspecified atom stereocenters. The smallest absolute Gasteiger partial charge is 0.322 e. The van der Waals surface area contributed by atoms with Crippen molar-refractivity contribution >= 4 is 26.0 Å². The third kappa shape index (κ3) is 4.41. The van der Waals surface area contributed by atoms with Crippen molar-refractivity contribution in [3.63, 3.8) is 0 Å². The average molecular weight is 314 g/mol. The van der Waals surface area contributed by atoms with E-state index in [0.29, 0.717) is 6.42 Å². The molecule has 1 saturated heterocycles. The summed E-state index contributed by atoms with van der Waals surface area (Å²) in [7, 11) is -7.20. The summed E-state index contributed by atoms with van der Waals surface area (Å²) in [6, 6.07) is -1.03. The highest BCUT2D eigenvalue weighted by molar-refractivity contribution is 7.90. The van der Waals surface area contributed by atoms with E-state index in [-0.39, 0.29) is 25.3 Å². The van der Waals surface area contributed by atoms with Crippen LogP contribution in [0.1, 0.15) is 19.8 Å². The number of carboxylic acid groups (broad SMARTS) is 1. The van der Waals surface area contributed by atoms with Gasteiger partial charge in [0.25, 0.3) is 0 Å². The van der Waals surface area contributed by atoms with Gasteiger partial charge in [-0.15, -0.1) is 0 Å². The van der Waals surface area contributed by atoms with Crippen LogP contribution in [0, 0.1) is 0 Å². The Balaban J connectivity index is 2.64. The van der Waals surface area contributed by atoms with Crippen LogP contribution in [0.4, 0.5) is 0 Å². The van der Waals surface area contributed by atoms with Crippen LogP contribution in [-0.2, 0) is 24.8 Å². The topological polar surface area (TPSA) is 121 Å². The van der Waals surface area contributed by atoms with E-state index in [0.717, 1.165) is 4.31 Å². The summed E-state index contributed by atoms with van der Waals surface area (Å²) in [5.41, 5.74) is 0. The van der Waals surface area contributed by atoms with Gasteiger partial charge in [0, 0.05) is 13.1 Å². The van der Waals surface area contributed by atoms with Gasteiger partial charge in [-0.25, -0.2) is 21.6 Å². The van der Waals surface area contributed by atoms with Crippen LogP contribution in [0.15, 0.2) is 0 Å². The molecule has 0 spiro atoms. The van der Waals surface area contributed by atoms with Crippen LogP contribution in [0.3, 0.4) is 0 Å². The van der Waals surface area contributed by atoms with Gasteiger partial charge >= 0.3 is 5.97 Å². The minimum absolute atomic E-state index is 0.130. The van der Waals surface area contributed by atoms with Gasteiger partial charge in [0.1, 0.15) is 6.04 Å². The third-order valence-electron chi connectivity index (χ3n) is 2.91. The Bertz CT molecular complexity index is 527. The molecule has 0 radical (unpaired) electrons. The highest BCUT2D eigenvalue weighted by Crippen LogP contribution is 2.21. The average Bonchev–Trinajstić information content (AvgIpc) is 2.78. The van der Waals surface area contributed by atoms with Gasteiger partial charge in [0.05, 0.1) is 11.5 Å². The van der Waals surface area contributed by atoms with Crippen molar-refractivity contribution in [2.45, 2.75) is 25.8 Å². The molecule has 0 aromatic carbocycles. The summed E-state index contributed by atoms with van der Waals surface area (Å²) in [5, 5.41) is 8.92. The van der Waals surface area contributed by atoms with Gasteiger partial charge in [-0.2, -0.15) is 4.31 Å². The second-order valence-corrected chi connectivity index (χ2v) is 8.36. The number of carbonyl (C=O) groups is 1. The molecule has 0 aromatic heterocycles. The van der Waals surface area contributed by atoms with Crippen molar-refractivity contribution in [1.29, 1.82) is 0 Å². The Morgan fingerprint density at radius 3 is 2.53 bits per heavy atom. The number of nitrogens with zero attached hydrogens (tertiary/aromatic N) is 1. The van der Waals surface area contributed by atoms with Crippen molar-refractivity contribution in [2.75, 3.05) is 24.6 Å². The highest BCUT2D eigenvalue weighted by Gasteiger charge is 2.38. The number of carboxylic acids is 1. The van der Waals surface area contributed by atoms with E-state index in [1.54, 1.807) is 0 Å². The Labute approximate surface area is 112 Å². The first-order valence-corrected chi connectivity index (χ1v) is 9.15. The fraction of sp³-hybridized carbons (Fsp3) is 0.889. The van der Waals surface area contributed by atoms with E-state index in [1.807, 2.05) is 0 Å². The van der Waals surface area contributed by atoms with Crippen LogP contribution in [0.25, 0.3) is 0 Å². The summed E-state index contributed by atoms with van der Waals surface area (Å²) < 4.78 is 49.3. The molecular weight excluding hydrogens is 296 g/mol. The molecular formula is C9H18N2O6S2. The zero-order valence-electron chi connectivity index (χ0n) is 10.6. The lowest BCUT2D eigenvalue weighted by molar-refractivity contribution is -0.140. The number of nitrogens with one attached hydrogen (secondary N) is 1. The second-order valence-electron chi connectivity index (χ2n) is 4.22.